The van der Waals surface area contributed by atoms with E-state index in [4.69, 9.17) is 81.3 Å². The second kappa shape index (κ2) is 47.8. The molecule has 0 spiro atoms. The molecule has 15 rings (SSSR count). The van der Waals surface area contributed by atoms with Crippen molar-refractivity contribution in [1.29, 1.82) is 0 Å². The first-order valence-electron chi connectivity index (χ1n) is 42.2. The Labute approximate surface area is 783 Å². The predicted octanol–water partition coefficient (Wildman–Crippen LogP) is 0.0323. The average molecular weight is 1960 g/mol. The second-order valence-electron chi connectivity index (χ2n) is 31.2. The molecule has 55 heteroatoms. The number of carbonyl (C=O) groups is 4. The summed E-state index contributed by atoms with van der Waals surface area (Å²) in [5.74, 6) is -5.19. The van der Waals surface area contributed by atoms with Crippen LogP contribution in [-0.2, 0) is 46.4 Å². The molecule has 5 aliphatic rings. The van der Waals surface area contributed by atoms with Crippen LogP contribution in [-0.4, -0.2) is 289 Å². The molecule has 25 N–H and O–H groups in total. The molecule has 0 bridgehead atoms. The molecule has 4 fully saturated rings. The number of carboxylic acid groups (broad SMARTS) is 2. The lowest BCUT2D eigenvalue weighted by molar-refractivity contribution is -0.141. The number of halogens is 3. The normalized spacial score (nSPS) is 22.2. The van der Waals surface area contributed by atoms with E-state index >= 15 is 0 Å². The Bertz CT molecular complexity index is 6170. The van der Waals surface area contributed by atoms with Gasteiger partial charge in [0.2, 0.25) is 23.9 Å². The van der Waals surface area contributed by atoms with Crippen molar-refractivity contribution >= 4 is 109 Å². The maximum atomic E-state index is 14.1. The lowest BCUT2D eigenvalue weighted by atomic mass is 10.0. The van der Waals surface area contributed by atoms with Crippen molar-refractivity contribution in [2.75, 3.05) is 105 Å². The van der Waals surface area contributed by atoms with E-state index in [1.165, 1.54) is 24.6 Å². The van der Waals surface area contributed by atoms with E-state index in [0.29, 0.717) is 86.7 Å². The number of aliphatic hydroxyl groups excluding tert-OH is 10. The Morgan fingerprint density at radius 2 is 1.39 bits per heavy atom. The SMILES string of the molecule is CCCCCOC(=O)Nc1nc(=O)n([C@@H]2O[C@H](C)[C@@H](O)[C@H]2O)cc1F.COc1cc(NCc2ccc3nc(N)nc(N)c3c2C)cc(OC)c1OC.Cc1nc2ccc(CN(C)c3ccc(C(=O)N[C@@H](CCC(=O)O)C(=O)O)s3)cc2c(=O)[nH]1.Nc1ccn([C@@H]2O[C@H](CO)[C@@H](O)C2(F)F)c(=O)n1.Nc1ncn([C@@H]2O[C@H](CO)[C@@H](O)[C@H]2O)c(=O)n1.OC[C@H]1O[C@@H](n2cnc3c2NC=NC[C@H]3O)C[C@@H]1O. The zero-order chi connectivity index (χ0) is 101. The quantitative estimate of drug-likeness (QED) is 0.0302. The van der Waals surface area contributed by atoms with Gasteiger partial charge in [-0.05, 0) is 86.7 Å². The number of thiophene rings is 1. The smallest absolute Gasteiger partial charge is 0.412 e. The number of aromatic nitrogens is 13. The first-order valence-corrected chi connectivity index (χ1v) is 43.0. The number of imidazole rings is 1. The monoisotopic (exact) mass is 1960 g/mol. The molecule has 51 nitrogen and oxygen atoms in total. The Kier molecular flexibility index (Phi) is 36.8. The van der Waals surface area contributed by atoms with Crippen molar-refractivity contribution in [2.45, 2.75) is 183 Å². The Morgan fingerprint density at radius 3 is 2.01 bits per heavy atom. The number of alkyl halides is 2. The first-order chi connectivity index (χ1) is 65.6. The summed E-state index contributed by atoms with van der Waals surface area (Å²) >= 11 is 1.18. The molecule has 4 saturated heterocycles. The summed E-state index contributed by atoms with van der Waals surface area (Å²) in [5, 5.41) is 125. The van der Waals surface area contributed by atoms with Crippen LogP contribution in [0.25, 0.3) is 21.8 Å². The number of benzene rings is 3. The van der Waals surface area contributed by atoms with Gasteiger partial charge in [-0.3, -0.25) is 43.0 Å². The number of H-pyrrole nitrogens is 1. The van der Waals surface area contributed by atoms with Gasteiger partial charge in [0, 0.05) is 62.4 Å². The molecule has 10 aromatic rings. The largest absolute Gasteiger partial charge is 0.493 e. The molecule has 7 aromatic heterocycles. The minimum Gasteiger partial charge on any atom is -0.493 e. The molecule has 0 saturated carbocycles. The van der Waals surface area contributed by atoms with Crippen molar-refractivity contribution in [2.24, 2.45) is 4.99 Å². The van der Waals surface area contributed by atoms with Crippen LogP contribution < -0.4 is 85.9 Å². The Hall–Kier alpha value is -13.8. The van der Waals surface area contributed by atoms with E-state index in [1.807, 2.05) is 56.1 Å². The van der Waals surface area contributed by atoms with Crippen LogP contribution in [0.2, 0.25) is 0 Å². The zero-order valence-electron chi connectivity index (χ0n) is 75.1. The van der Waals surface area contributed by atoms with Gasteiger partial charge >= 0.3 is 41.0 Å². The van der Waals surface area contributed by atoms with Crippen molar-refractivity contribution in [3.63, 3.8) is 0 Å². The summed E-state index contributed by atoms with van der Waals surface area (Å²) in [4.78, 5) is 132. The molecule has 16 atom stereocenters. The Morgan fingerprint density at radius 1 is 0.725 bits per heavy atom. The maximum Gasteiger partial charge on any atom is 0.412 e. The number of rotatable bonds is 27. The molecule has 0 unspecified atom stereocenters. The van der Waals surface area contributed by atoms with E-state index < -0.39 is 170 Å². The molecule has 748 valence electrons. The number of nitrogens with one attached hydrogen (secondary N) is 5. The number of aliphatic hydroxyl groups is 10. The van der Waals surface area contributed by atoms with Gasteiger partial charge < -0.3 is 148 Å². The molecular formula is C83H106F3N23O28S. The standard InChI is InChI=1S/C21H22N4O6S.C19H23N5O3.C15H22FN3O6.C11H16N4O4.C9H11F2N3O4.C8H12N4O5/c1-11-22-14-4-3-12(9-13(14)19(28)23-11)10-25(2)17-7-6-16(32-17)20(29)24-15(21(30)31)5-8-18(26)27;1-10-11(5-6-13-16(10)18(20)24-19(21)23-13)9-22-12-7-14(25-2)17(27-4)15(8-12)26-3;1-3-4-5-6-24-15(23)18-12-9(16)7-19(14(22)17-12)13-11(21)10(20)8(2)25-13;16-3-8-6(17)1-9(19-8)15-5-14-10-7(18)2-12-4-13-11(10)15;10-9(11)6(16)4(3-15)18-7(9)14-2-1-5(12)13-8(14)17;9-7-10-2-12(8(16)11-7)6-5(15)4(14)3(1-13)17-6/h3-4,6-7,9,15H,5,8,10H2,1-2H3,(H,24,29)(H,26,27)(H,30,31)(H,22,23,28);5-8,22H,9H2,1-4H3,(H4,20,21,23,24);7-8,10-11,13,20-21H,3-6H2,1-2H3,(H,17,18,22,23);4-9,16-18H,1-3H2,(H,12,13);1-2,4,6-7,15-16H,3H2,(H2,12,13,17);2-6,13-15H,1H2,(H2,9,11,16)/t15-;;8-,10-,11-,13-;6-,7+,8+,9+;4-,6-,7-;3-,4-,5-,6-/m0.1011/s1. The van der Waals surface area contributed by atoms with E-state index in [9.17, 15) is 92.4 Å². The zero-order valence-corrected chi connectivity index (χ0v) is 75.9. The third-order valence-corrected chi connectivity index (χ3v) is 22.8. The van der Waals surface area contributed by atoms with Crippen LogP contribution in [0.1, 0.15) is 121 Å². The number of hydrogen-bond acceptors (Lipinski definition) is 43. The lowest BCUT2D eigenvalue weighted by Crippen LogP contribution is -2.41. The number of aromatic amines is 1. The average Bonchev–Trinajstić information content (AvgIpc) is 1.67. The molecule has 0 radical (unpaired) electrons. The van der Waals surface area contributed by atoms with Gasteiger partial charge in [-0.2, -0.15) is 28.7 Å². The van der Waals surface area contributed by atoms with Crippen molar-refractivity contribution in [3.8, 4) is 17.2 Å². The first kappa shape index (κ1) is 106. The Balaban J connectivity index is 0.000000173. The number of amides is 2. The highest BCUT2D eigenvalue weighted by molar-refractivity contribution is 7.18. The highest BCUT2D eigenvalue weighted by atomic mass is 32.1. The van der Waals surface area contributed by atoms with E-state index in [1.54, 1.807) is 63.4 Å². The highest BCUT2D eigenvalue weighted by Crippen LogP contribution is 2.44. The van der Waals surface area contributed by atoms with Crippen molar-refractivity contribution < 1.29 is 132 Å². The minimum absolute atomic E-state index is 0.114. The summed E-state index contributed by atoms with van der Waals surface area (Å²) in [6.07, 6.45) is -10.2. The van der Waals surface area contributed by atoms with Crippen LogP contribution >= 0.6 is 11.3 Å². The molecule has 138 heavy (non-hydrogen) atoms. The summed E-state index contributed by atoms with van der Waals surface area (Å²) in [6.45, 7) is 7.20. The van der Waals surface area contributed by atoms with E-state index in [2.05, 4.69) is 71.1 Å². The van der Waals surface area contributed by atoms with Crippen LogP contribution in [0.5, 0.6) is 17.2 Å². The number of unbranched alkanes of at least 4 members (excludes halogenated alkanes) is 2. The van der Waals surface area contributed by atoms with Gasteiger partial charge in [-0.1, -0.05) is 31.9 Å². The number of ether oxygens (including phenoxy) is 8. The molecular weight excluding hydrogens is 1860 g/mol. The predicted molar refractivity (Wildman–Crippen MR) is 485 cm³/mol. The molecule has 5 aliphatic heterocycles. The van der Waals surface area contributed by atoms with Crippen LogP contribution in [0, 0.1) is 19.7 Å². The third-order valence-electron chi connectivity index (χ3n) is 21.6. The van der Waals surface area contributed by atoms with Crippen molar-refractivity contribution in [3.05, 3.63) is 166 Å². The van der Waals surface area contributed by atoms with Gasteiger partial charge in [0.15, 0.2) is 41.7 Å². The molecule has 0 aliphatic carbocycles. The fourth-order valence-corrected chi connectivity index (χ4v) is 15.3. The number of aliphatic carboxylic acids is 2. The van der Waals surface area contributed by atoms with Gasteiger partial charge in [0.1, 0.15) is 96.4 Å². The third kappa shape index (κ3) is 25.9. The number of methoxy groups -OCH3 is 3. The van der Waals surface area contributed by atoms with E-state index in [0.717, 1.165) is 85.0 Å². The summed E-state index contributed by atoms with van der Waals surface area (Å²) in [6, 6.07) is 16.2. The molecule has 12 heterocycles. The number of anilines is 8. The van der Waals surface area contributed by atoms with Crippen LogP contribution in [0.15, 0.2) is 110 Å². The van der Waals surface area contributed by atoms with Crippen LogP contribution in [0.4, 0.5) is 63.8 Å². The number of hydrogen-bond donors (Lipinski definition) is 21. The fraction of sp³-hybridized carbons (Fsp3) is 0.458. The van der Waals surface area contributed by atoms with Gasteiger partial charge in [0.05, 0.1) is 112 Å². The maximum absolute atomic E-state index is 14.1. The second-order valence-corrected chi connectivity index (χ2v) is 32.3. The van der Waals surface area contributed by atoms with E-state index in [-0.39, 0.29) is 55.9 Å². The number of carboxylic acids is 2. The number of aryl methyl sites for hydroxylation is 2. The number of carbonyl (C=O) groups excluding carboxylic acids is 2. The van der Waals surface area contributed by atoms with Gasteiger partial charge in [0.25, 0.3) is 11.5 Å². The number of aliphatic imine (C=N–C) groups is 1. The number of fused-ring (bicyclic) bond motifs is 3. The van der Waals surface area contributed by atoms with Crippen LogP contribution in [0.3, 0.4) is 0 Å². The van der Waals surface area contributed by atoms with Gasteiger partial charge in [-0.25, -0.2) is 48.3 Å². The summed E-state index contributed by atoms with van der Waals surface area (Å²) in [7, 11) is 6.58. The van der Waals surface area contributed by atoms with Gasteiger partial charge in [-0.15, -0.1) is 11.3 Å². The number of nitrogens with two attached hydrogens (primary N) is 4. The molecule has 3 aromatic carbocycles. The number of nitrogens with zero attached hydrogens (tertiary/aromatic N) is 14. The summed E-state index contributed by atoms with van der Waals surface area (Å²) < 4.78 is 87.1. The minimum atomic E-state index is -3.71. The van der Waals surface area contributed by atoms with Crippen molar-refractivity contribution in [1.82, 2.24) is 68.4 Å². The fourth-order valence-electron chi connectivity index (χ4n) is 14.4. The topological polar surface area (TPSA) is 760 Å². The lowest BCUT2D eigenvalue weighted by Gasteiger charge is -2.20. The molecule has 2 amide bonds. The number of nitrogen functional groups attached to an aromatic ring is 4. The summed E-state index contributed by atoms with van der Waals surface area (Å²) in [5.41, 5.74) is 24.9. The highest BCUT2D eigenvalue weighted by Gasteiger charge is 2.59.